The lowest BCUT2D eigenvalue weighted by Gasteiger charge is -2.15. The lowest BCUT2D eigenvalue weighted by atomic mass is 10.1. The van der Waals surface area contributed by atoms with E-state index in [2.05, 4.69) is 20.7 Å². The van der Waals surface area contributed by atoms with E-state index >= 15 is 0 Å². The topological polar surface area (TPSA) is 71.8 Å². The van der Waals surface area contributed by atoms with Crippen molar-refractivity contribution in [2.75, 3.05) is 5.32 Å². The maximum absolute atomic E-state index is 12.8. The molecule has 2 heterocycles. The Hall–Kier alpha value is -3.15. The molecule has 4 rings (SSSR count). The molecule has 6 heteroatoms. The van der Waals surface area contributed by atoms with Crippen molar-refractivity contribution < 1.29 is 4.79 Å². The Bertz CT molecular complexity index is 945. The maximum atomic E-state index is 12.8. The monoisotopic (exact) mass is 375 g/mol. The van der Waals surface area contributed by atoms with Crippen LogP contribution >= 0.6 is 0 Å². The van der Waals surface area contributed by atoms with Crippen LogP contribution in [0.4, 0.5) is 5.82 Å². The largest absolute Gasteiger partial charge is 0.367 e. The lowest BCUT2D eigenvalue weighted by Crippen LogP contribution is -2.26. The molecule has 1 fully saturated rings. The first kappa shape index (κ1) is 18.2. The number of nitrogens with one attached hydrogen (secondary N) is 2. The first-order chi connectivity index (χ1) is 13.7. The lowest BCUT2D eigenvalue weighted by molar-refractivity contribution is 0.0950. The van der Waals surface area contributed by atoms with Crippen LogP contribution in [0.3, 0.4) is 0 Å². The molecule has 3 aromatic rings. The third kappa shape index (κ3) is 4.06. The van der Waals surface area contributed by atoms with Crippen LogP contribution in [-0.2, 0) is 13.6 Å². The number of rotatable bonds is 6. The minimum absolute atomic E-state index is 0.129. The fourth-order valence-electron chi connectivity index (χ4n) is 3.65. The van der Waals surface area contributed by atoms with E-state index in [1.165, 1.54) is 12.8 Å². The summed E-state index contributed by atoms with van der Waals surface area (Å²) in [4.78, 5) is 17.2. The fourth-order valence-corrected chi connectivity index (χ4v) is 3.65. The van der Waals surface area contributed by atoms with Gasteiger partial charge in [0, 0.05) is 24.8 Å². The molecule has 2 N–H and O–H groups in total. The van der Waals surface area contributed by atoms with Crippen LogP contribution < -0.4 is 10.6 Å². The van der Waals surface area contributed by atoms with Gasteiger partial charge in [-0.15, -0.1) is 0 Å². The molecule has 1 aliphatic rings. The first-order valence-corrected chi connectivity index (χ1v) is 9.79. The molecule has 0 radical (unpaired) electrons. The van der Waals surface area contributed by atoms with Crippen molar-refractivity contribution in [3.63, 3.8) is 0 Å². The summed E-state index contributed by atoms with van der Waals surface area (Å²) in [5.41, 5.74) is 3.49. The number of aromatic nitrogens is 3. The second kappa shape index (κ2) is 8.25. The Morgan fingerprint density at radius 3 is 2.71 bits per heavy atom. The average Bonchev–Trinajstić information content (AvgIpc) is 3.37. The second-order valence-corrected chi connectivity index (χ2v) is 7.22. The van der Waals surface area contributed by atoms with E-state index < -0.39 is 0 Å². The standard InChI is InChI=1S/C22H25N5O/c1-27-18(14-20(26-27)16-8-3-2-4-9-16)15-24-22(28)19-12-7-13-23-21(19)25-17-10-5-6-11-17/h2-4,7-9,12-14,17H,5-6,10-11,15H2,1H3,(H,23,25)(H,24,28). The van der Waals surface area contributed by atoms with Crippen LogP contribution in [0.15, 0.2) is 54.7 Å². The minimum Gasteiger partial charge on any atom is -0.367 e. The number of benzene rings is 1. The summed E-state index contributed by atoms with van der Waals surface area (Å²) in [6.07, 6.45) is 6.46. The Labute approximate surface area is 165 Å². The van der Waals surface area contributed by atoms with Gasteiger partial charge in [-0.2, -0.15) is 5.10 Å². The molecule has 144 valence electrons. The molecular weight excluding hydrogens is 350 g/mol. The van der Waals surface area contributed by atoms with Gasteiger partial charge in [0.2, 0.25) is 0 Å². The summed E-state index contributed by atoms with van der Waals surface area (Å²) in [7, 11) is 1.89. The van der Waals surface area contributed by atoms with Gasteiger partial charge in [0.05, 0.1) is 23.5 Å². The number of pyridine rings is 1. The van der Waals surface area contributed by atoms with E-state index in [-0.39, 0.29) is 5.91 Å². The summed E-state index contributed by atoms with van der Waals surface area (Å²) >= 11 is 0. The number of hydrogen-bond donors (Lipinski definition) is 2. The van der Waals surface area contributed by atoms with E-state index in [0.29, 0.717) is 24.0 Å². The molecule has 0 saturated heterocycles. The van der Waals surface area contributed by atoms with E-state index in [1.54, 1.807) is 12.3 Å². The number of nitrogens with zero attached hydrogens (tertiary/aromatic N) is 3. The fraction of sp³-hybridized carbons (Fsp3) is 0.318. The smallest absolute Gasteiger partial charge is 0.255 e. The van der Waals surface area contributed by atoms with E-state index in [1.807, 2.05) is 54.2 Å². The number of aryl methyl sites for hydroxylation is 1. The maximum Gasteiger partial charge on any atom is 0.255 e. The van der Waals surface area contributed by atoms with Crippen LogP contribution in [0.2, 0.25) is 0 Å². The van der Waals surface area contributed by atoms with Crippen molar-refractivity contribution in [3.8, 4) is 11.3 Å². The molecule has 0 spiro atoms. The second-order valence-electron chi connectivity index (χ2n) is 7.22. The van der Waals surface area contributed by atoms with Crippen LogP contribution in [0.1, 0.15) is 41.7 Å². The molecule has 1 aliphatic carbocycles. The number of anilines is 1. The van der Waals surface area contributed by atoms with Gasteiger partial charge in [0.25, 0.3) is 5.91 Å². The van der Waals surface area contributed by atoms with Crippen LogP contribution in [-0.4, -0.2) is 26.7 Å². The molecule has 0 aliphatic heterocycles. The predicted molar refractivity (Wildman–Crippen MR) is 110 cm³/mol. The van der Waals surface area contributed by atoms with Gasteiger partial charge in [0.1, 0.15) is 5.82 Å². The minimum atomic E-state index is -0.129. The van der Waals surface area contributed by atoms with Crippen LogP contribution in [0.25, 0.3) is 11.3 Å². The SMILES string of the molecule is Cn1nc(-c2ccccc2)cc1CNC(=O)c1cccnc1NC1CCCC1. The third-order valence-electron chi connectivity index (χ3n) is 5.22. The summed E-state index contributed by atoms with van der Waals surface area (Å²) in [5, 5.41) is 11.0. The number of carbonyl (C=O) groups excluding carboxylic acids is 1. The van der Waals surface area contributed by atoms with Crippen molar-refractivity contribution in [1.82, 2.24) is 20.1 Å². The van der Waals surface area contributed by atoms with E-state index in [0.717, 1.165) is 29.8 Å². The highest BCUT2D eigenvalue weighted by molar-refractivity contribution is 5.98. The van der Waals surface area contributed by atoms with Gasteiger partial charge in [-0.25, -0.2) is 4.98 Å². The third-order valence-corrected chi connectivity index (χ3v) is 5.22. The highest BCUT2D eigenvalue weighted by atomic mass is 16.1. The molecule has 1 saturated carbocycles. The summed E-state index contributed by atoms with van der Waals surface area (Å²) in [6, 6.07) is 16.1. The van der Waals surface area contributed by atoms with Crippen molar-refractivity contribution in [2.45, 2.75) is 38.3 Å². The highest BCUT2D eigenvalue weighted by Crippen LogP contribution is 2.23. The Balaban J connectivity index is 1.44. The predicted octanol–water partition coefficient (Wildman–Crippen LogP) is 3.77. The zero-order valence-electron chi connectivity index (χ0n) is 16.1. The molecule has 28 heavy (non-hydrogen) atoms. The van der Waals surface area contributed by atoms with Crippen molar-refractivity contribution in [2.24, 2.45) is 7.05 Å². The number of amides is 1. The summed E-state index contributed by atoms with van der Waals surface area (Å²) in [5.74, 6) is 0.540. The van der Waals surface area contributed by atoms with Crippen LogP contribution in [0, 0.1) is 0 Å². The summed E-state index contributed by atoms with van der Waals surface area (Å²) < 4.78 is 1.81. The first-order valence-electron chi connectivity index (χ1n) is 9.79. The Morgan fingerprint density at radius 1 is 1.14 bits per heavy atom. The van der Waals surface area contributed by atoms with Crippen molar-refractivity contribution in [1.29, 1.82) is 0 Å². The zero-order chi connectivity index (χ0) is 19.3. The summed E-state index contributed by atoms with van der Waals surface area (Å²) in [6.45, 7) is 0.410. The van der Waals surface area contributed by atoms with Gasteiger partial charge in [-0.3, -0.25) is 9.48 Å². The molecule has 1 amide bonds. The van der Waals surface area contributed by atoms with Crippen molar-refractivity contribution >= 4 is 11.7 Å². The molecular formula is C22H25N5O. The number of hydrogen-bond acceptors (Lipinski definition) is 4. The van der Waals surface area contributed by atoms with Gasteiger partial charge >= 0.3 is 0 Å². The zero-order valence-corrected chi connectivity index (χ0v) is 16.1. The normalized spacial score (nSPS) is 14.2. The quantitative estimate of drug-likeness (QED) is 0.688. The Kier molecular flexibility index (Phi) is 5.37. The highest BCUT2D eigenvalue weighted by Gasteiger charge is 2.19. The van der Waals surface area contributed by atoms with Gasteiger partial charge < -0.3 is 10.6 Å². The molecule has 0 bridgehead atoms. The van der Waals surface area contributed by atoms with Crippen LogP contribution in [0.5, 0.6) is 0 Å². The number of carbonyl (C=O) groups is 1. The molecule has 0 atom stereocenters. The molecule has 6 nitrogen and oxygen atoms in total. The molecule has 2 aromatic heterocycles. The Morgan fingerprint density at radius 2 is 1.93 bits per heavy atom. The van der Waals surface area contributed by atoms with Gasteiger partial charge in [-0.05, 0) is 31.0 Å². The van der Waals surface area contributed by atoms with E-state index in [4.69, 9.17) is 0 Å². The van der Waals surface area contributed by atoms with Gasteiger partial charge in [0.15, 0.2) is 0 Å². The molecule has 1 aromatic carbocycles. The van der Waals surface area contributed by atoms with Gasteiger partial charge in [-0.1, -0.05) is 43.2 Å². The average molecular weight is 375 g/mol. The van der Waals surface area contributed by atoms with E-state index in [9.17, 15) is 4.79 Å². The molecule has 0 unspecified atom stereocenters. The van der Waals surface area contributed by atoms with Crippen molar-refractivity contribution in [3.05, 3.63) is 66.0 Å².